The van der Waals surface area contributed by atoms with Crippen molar-refractivity contribution >= 4 is 22.7 Å². The van der Waals surface area contributed by atoms with Crippen molar-refractivity contribution in [2.45, 2.75) is 26.4 Å². The van der Waals surface area contributed by atoms with Gasteiger partial charge in [0.1, 0.15) is 0 Å². The lowest BCUT2D eigenvalue weighted by Gasteiger charge is -2.27. The molecule has 2 heterocycles. The molecule has 0 spiro atoms. The van der Waals surface area contributed by atoms with Gasteiger partial charge < -0.3 is 9.32 Å². The fourth-order valence-electron chi connectivity index (χ4n) is 2.74. The van der Waals surface area contributed by atoms with E-state index in [1.165, 1.54) is 17.7 Å². The summed E-state index contributed by atoms with van der Waals surface area (Å²) in [5, 5.41) is 0.590. The van der Waals surface area contributed by atoms with E-state index in [1.807, 2.05) is 6.07 Å². The molecule has 0 atom stereocenters. The maximum atomic E-state index is 11.9. The van der Waals surface area contributed by atoms with E-state index >= 15 is 0 Å². The molecule has 1 fully saturated rings. The maximum absolute atomic E-state index is 11.9. The number of benzene rings is 1. The average Bonchev–Trinajstić information content (AvgIpc) is 2.68. The number of oxazole rings is 1. The highest BCUT2D eigenvalue weighted by Gasteiger charge is 2.21. The van der Waals surface area contributed by atoms with Crippen LogP contribution in [0.4, 0.5) is 0 Å². The summed E-state index contributed by atoms with van der Waals surface area (Å²) < 4.78 is 6.97. The lowest BCUT2D eigenvalue weighted by Crippen LogP contribution is -3.12. The molecule has 2 aromatic rings. The van der Waals surface area contributed by atoms with Gasteiger partial charge in [-0.3, -0.25) is 0 Å². The number of hydrogen-bond acceptors (Lipinski definition) is 2. The first-order chi connectivity index (χ1) is 9.13. The standard InChI is InChI=1S/C14H17ClN2O2/c1-10-4-6-16(7-5-10)9-17-12-3-2-11(15)8-13(12)19-14(17)18/h2-3,8,10H,4-7,9H2,1H3/p+1. The molecular formula is C14H18ClN2O2+. The summed E-state index contributed by atoms with van der Waals surface area (Å²) >= 11 is 5.91. The number of piperidine rings is 1. The third-order valence-corrected chi connectivity index (χ3v) is 4.23. The molecule has 5 heteroatoms. The number of quaternary nitrogens is 1. The van der Waals surface area contributed by atoms with Crippen LogP contribution in [0.15, 0.2) is 27.4 Å². The number of aromatic nitrogens is 1. The summed E-state index contributed by atoms with van der Waals surface area (Å²) in [6.07, 6.45) is 2.46. The molecule has 1 aliphatic heterocycles. The van der Waals surface area contributed by atoms with Gasteiger partial charge in [0.25, 0.3) is 0 Å². The quantitative estimate of drug-likeness (QED) is 0.907. The molecule has 1 aromatic carbocycles. The largest absolute Gasteiger partial charge is 0.424 e. The minimum atomic E-state index is -0.289. The first-order valence-corrected chi connectivity index (χ1v) is 7.14. The molecule has 102 valence electrons. The number of likely N-dealkylation sites (tertiary alicyclic amines) is 1. The van der Waals surface area contributed by atoms with Gasteiger partial charge in [-0.2, -0.15) is 0 Å². The Morgan fingerprint density at radius 2 is 2.16 bits per heavy atom. The minimum Gasteiger partial charge on any atom is -0.408 e. The zero-order valence-electron chi connectivity index (χ0n) is 11.0. The molecule has 0 unspecified atom stereocenters. The van der Waals surface area contributed by atoms with E-state index in [2.05, 4.69) is 6.92 Å². The molecule has 0 saturated carbocycles. The van der Waals surface area contributed by atoms with Gasteiger partial charge in [0, 0.05) is 11.1 Å². The van der Waals surface area contributed by atoms with Crippen molar-refractivity contribution in [2.75, 3.05) is 13.1 Å². The van der Waals surface area contributed by atoms with Crippen molar-refractivity contribution in [1.82, 2.24) is 4.57 Å². The third kappa shape index (κ3) is 2.55. The SMILES string of the molecule is CC1CC[NH+](Cn2c(=O)oc3cc(Cl)ccc32)CC1. The van der Waals surface area contributed by atoms with E-state index in [0.29, 0.717) is 17.3 Å². The summed E-state index contributed by atoms with van der Waals surface area (Å²) in [5.74, 6) is 0.517. The van der Waals surface area contributed by atoms with Gasteiger partial charge in [0.15, 0.2) is 12.3 Å². The monoisotopic (exact) mass is 281 g/mol. The number of nitrogens with one attached hydrogen (secondary N) is 1. The van der Waals surface area contributed by atoms with Gasteiger partial charge in [-0.05, 0) is 30.9 Å². The Morgan fingerprint density at radius 1 is 1.42 bits per heavy atom. The average molecular weight is 282 g/mol. The Labute approximate surface area is 116 Å². The second-order valence-corrected chi connectivity index (χ2v) is 5.94. The number of halogens is 1. The highest BCUT2D eigenvalue weighted by atomic mass is 35.5. The molecular weight excluding hydrogens is 264 g/mol. The Hall–Kier alpha value is -1.26. The van der Waals surface area contributed by atoms with Crippen LogP contribution in [0.2, 0.25) is 5.02 Å². The maximum Gasteiger partial charge on any atom is 0.424 e. The second kappa shape index (κ2) is 5.02. The zero-order valence-corrected chi connectivity index (χ0v) is 11.7. The molecule has 0 radical (unpaired) electrons. The summed E-state index contributed by atoms with van der Waals surface area (Å²) in [7, 11) is 0. The van der Waals surface area contributed by atoms with Gasteiger partial charge in [-0.1, -0.05) is 18.5 Å². The van der Waals surface area contributed by atoms with Crippen molar-refractivity contribution < 1.29 is 9.32 Å². The summed E-state index contributed by atoms with van der Waals surface area (Å²) in [6.45, 7) is 5.21. The summed E-state index contributed by atoms with van der Waals surface area (Å²) in [6, 6.07) is 5.35. The van der Waals surface area contributed by atoms with Crippen molar-refractivity contribution in [1.29, 1.82) is 0 Å². The fraction of sp³-hybridized carbons (Fsp3) is 0.500. The Kier molecular flexibility index (Phi) is 3.37. The molecule has 4 nitrogen and oxygen atoms in total. The second-order valence-electron chi connectivity index (χ2n) is 5.50. The molecule has 0 bridgehead atoms. The molecule has 19 heavy (non-hydrogen) atoms. The van der Waals surface area contributed by atoms with E-state index in [0.717, 1.165) is 24.5 Å². The molecule has 1 aliphatic rings. The third-order valence-electron chi connectivity index (χ3n) is 3.99. The van der Waals surface area contributed by atoms with Crippen LogP contribution >= 0.6 is 11.6 Å². The van der Waals surface area contributed by atoms with Crippen molar-refractivity contribution in [3.8, 4) is 0 Å². The zero-order chi connectivity index (χ0) is 13.4. The molecule has 0 amide bonds. The van der Waals surface area contributed by atoms with Crippen molar-refractivity contribution in [3.05, 3.63) is 33.8 Å². The Bertz CT molecular complexity index is 638. The molecule has 1 saturated heterocycles. The molecule has 3 rings (SSSR count). The first-order valence-electron chi connectivity index (χ1n) is 6.76. The molecule has 0 aliphatic carbocycles. The van der Waals surface area contributed by atoms with E-state index in [9.17, 15) is 4.79 Å². The van der Waals surface area contributed by atoms with Crippen LogP contribution in [0, 0.1) is 5.92 Å². The summed E-state index contributed by atoms with van der Waals surface area (Å²) in [4.78, 5) is 13.4. The fourth-order valence-corrected chi connectivity index (χ4v) is 2.90. The number of fused-ring (bicyclic) bond motifs is 1. The van der Waals surface area contributed by atoms with E-state index in [1.54, 1.807) is 16.7 Å². The van der Waals surface area contributed by atoms with E-state index < -0.39 is 0 Å². The van der Waals surface area contributed by atoms with Crippen LogP contribution in [0.3, 0.4) is 0 Å². The van der Waals surface area contributed by atoms with Crippen LogP contribution in [-0.4, -0.2) is 17.7 Å². The predicted octanol–water partition coefficient (Wildman–Crippen LogP) is 1.52. The van der Waals surface area contributed by atoms with Gasteiger partial charge in [-0.15, -0.1) is 0 Å². The predicted molar refractivity (Wildman–Crippen MR) is 74.6 cm³/mol. The Morgan fingerprint density at radius 3 is 2.89 bits per heavy atom. The van der Waals surface area contributed by atoms with Crippen LogP contribution in [0.25, 0.3) is 11.1 Å². The van der Waals surface area contributed by atoms with Gasteiger partial charge in [-0.25, -0.2) is 9.36 Å². The van der Waals surface area contributed by atoms with Crippen LogP contribution < -0.4 is 10.7 Å². The van der Waals surface area contributed by atoms with Crippen LogP contribution in [0.5, 0.6) is 0 Å². The van der Waals surface area contributed by atoms with Gasteiger partial charge in [0.2, 0.25) is 0 Å². The van der Waals surface area contributed by atoms with Crippen molar-refractivity contribution in [2.24, 2.45) is 5.92 Å². The topological polar surface area (TPSA) is 39.6 Å². The van der Waals surface area contributed by atoms with Gasteiger partial charge >= 0.3 is 5.76 Å². The normalized spacial score (nSPS) is 23.9. The lowest BCUT2D eigenvalue weighted by atomic mass is 10.00. The minimum absolute atomic E-state index is 0.289. The molecule has 1 aromatic heterocycles. The van der Waals surface area contributed by atoms with Gasteiger partial charge in [0.05, 0.1) is 18.6 Å². The highest BCUT2D eigenvalue weighted by Crippen LogP contribution is 2.17. The van der Waals surface area contributed by atoms with Crippen LogP contribution in [0.1, 0.15) is 19.8 Å². The lowest BCUT2D eigenvalue weighted by molar-refractivity contribution is -0.928. The smallest absolute Gasteiger partial charge is 0.408 e. The first kappa shape index (κ1) is 12.8. The molecule has 1 N–H and O–H groups in total. The van der Waals surface area contributed by atoms with E-state index in [4.69, 9.17) is 16.0 Å². The van der Waals surface area contributed by atoms with E-state index in [-0.39, 0.29) is 5.76 Å². The van der Waals surface area contributed by atoms with Crippen molar-refractivity contribution in [3.63, 3.8) is 0 Å². The summed E-state index contributed by atoms with van der Waals surface area (Å²) in [5.41, 5.74) is 1.41. The van der Waals surface area contributed by atoms with Crippen LogP contribution in [-0.2, 0) is 6.67 Å². The highest BCUT2D eigenvalue weighted by molar-refractivity contribution is 6.31. The number of nitrogens with zero attached hydrogens (tertiary/aromatic N) is 1. The number of rotatable bonds is 2. The Balaban J connectivity index is 1.88. The number of hydrogen-bond donors (Lipinski definition) is 1.